The first kappa shape index (κ1) is 22.4. The van der Waals surface area contributed by atoms with E-state index in [1.807, 2.05) is 24.3 Å². The Labute approximate surface area is 217 Å². The lowest BCUT2D eigenvalue weighted by Crippen LogP contribution is -2.41. The fourth-order valence-corrected chi connectivity index (χ4v) is 6.43. The second kappa shape index (κ2) is 8.08. The fraction of sp³-hybridized carbons (Fsp3) is 0.167. The molecule has 4 aromatic rings. The van der Waals surface area contributed by atoms with Crippen LogP contribution in [0.1, 0.15) is 45.4 Å². The van der Waals surface area contributed by atoms with E-state index in [-0.39, 0.29) is 29.3 Å². The number of benzene rings is 3. The Bertz CT molecular complexity index is 1590. The first-order valence-electron chi connectivity index (χ1n) is 12.4. The Morgan fingerprint density at radius 1 is 0.842 bits per heavy atom. The summed E-state index contributed by atoms with van der Waals surface area (Å²) in [5, 5.41) is 16.6. The number of carbonyl (C=O) groups excluding carboxylic acids is 2. The van der Waals surface area contributed by atoms with Gasteiger partial charge >= 0.3 is 0 Å². The second-order valence-corrected chi connectivity index (χ2v) is 9.96. The van der Waals surface area contributed by atoms with Crippen LogP contribution in [0, 0.1) is 28.9 Å². The van der Waals surface area contributed by atoms with Crippen molar-refractivity contribution >= 4 is 23.7 Å². The molecule has 1 fully saturated rings. The molecule has 2 heterocycles. The van der Waals surface area contributed by atoms with Crippen molar-refractivity contribution in [3.05, 3.63) is 123 Å². The molecule has 8 heteroatoms. The Hall–Kier alpha value is -4.85. The molecule has 38 heavy (non-hydrogen) atoms. The zero-order chi connectivity index (χ0) is 26.1. The molecule has 1 aromatic heterocycles. The predicted octanol–water partition coefficient (Wildman–Crippen LogP) is 5.39. The van der Waals surface area contributed by atoms with E-state index < -0.39 is 16.8 Å². The average molecular weight is 504 g/mol. The number of hydrogen-bond donors (Lipinski definition) is 0. The van der Waals surface area contributed by atoms with Crippen LogP contribution in [0.15, 0.2) is 88.4 Å². The second-order valence-electron chi connectivity index (χ2n) is 9.96. The smallest absolute Gasteiger partial charge is 0.273 e. The molecule has 2 bridgehead atoms. The van der Waals surface area contributed by atoms with Crippen molar-refractivity contribution in [3.63, 3.8) is 0 Å². The van der Waals surface area contributed by atoms with Crippen LogP contribution < -0.4 is 0 Å². The lowest BCUT2D eigenvalue weighted by molar-refractivity contribution is -0.385. The molecule has 8 nitrogen and oxygen atoms in total. The van der Waals surface area contributed by atoms with Gasteiger partial charge in [-0.1, -0.05) is 60.7 Å². The quantitative estimate of drug-likeness (QED) is 0.161. The van der Waals surface area contributed by atoms with E-state index in [2.05, 4.69) is 29.4 Å². The Kier molecular flexibility index (Phi) is 4.75. The molecule has 0 saturated carbocycles. The van der Waals surface area contributed by atoms with Crippen molar-refractivity contribution in [2.24, 2.45) is 16.9 Å². The fourth-order valence-electron chi connectivity index (χ4n) is 6.43. The molecule has 8 rings (SSSR count). The van der Waals surface area contributed by atoms with E-state index >= 15 is 0 Å². The van der Waals surface area contributed by atoms with E-state index in [0.717, 1.165) is 27.3 Å². The molecular weight excluding hydrogens is 482 g/mol. The van der Waals surface area contributed by atoms with Crippen molar-refractivity contribution in [3.8, 4) is 11.3 Å². The van der Waals surface area contributed by atoms with Gasteiger partial charge in [-0.2, -0.15) is 10.1 Å². The van der Waals surface area contributed by atoms with Gasteiger partial charge in [0.1, 0.15) is 11.5 Å². The van der Waals surface area contributed by atoms with Gasteiger partial charge in [0.05, 0.1) is 23.0 Å². The highest BCUT2D eigenvalue weighted by atomic mass is 16.6. The Balaban J connectivity index is 1.21. The average Bonchev–Trinajstić information content (AvgIpc) is 3.50. The molecule has 2 atom stereocenters. The Morgan fingerprint density at radius 2 is 1.39 bits per heavy atom. The third-order valence-electron chi connectivity index (χ3n) is 8.04. The van der Waals surface area contributed by atoms with Gasteiger partial charge in [0.2, 0.25) is 0 Å². The van der Waals surface area contributed by atoms with Crippen LogP contribution in [0.3, 0.4) is 0 Å². The van der Waals surface area contributed by atoms with Crippen LogP contribution >= 0.6 is 0 Å². The van der Waals surface area contributed by atoms with Crippen molar-refractivity contribution in [2.45, 2.75) is 18.8 Å². The molecule has 1 saturated heterocycles. The monoisotopic (exact) mass is 503 g/mol. The maximum atomic E-state index is 13.6. The highest BCUT2D eigenvalue weighted by Gasteiger charge is 2.61. The summed E-state index contributed by atoms with van der Waals surface area (Å²) in [6, 6.07) is 24.3. The molecule has 4 aliphatic rings. The van der Waals surface area contributed by atoms with E-state index in [4.69, 9.17) is 4.42 Å². The highest BCUT2D eigenvalue weighted by molar-refractivity contribution is 6.08. The summed E-state index contributed by atoms with van der Waals surface area (Å²) in [4.78, 5) is 38.2. The van der Waals surface area contributed by atoms with Gasteiger partial charge in [0.15, 0.2) is 0 Å². The van der Waals surface area contributed by atoms with E-state index in [0.29, 0.717) is 22.6 Å². The first-order valence-corrected chi connectivity index (χ1v) is 12.4. The van der Waals surface area contributed by atoms with Crippen LogP contribution in [0.2, 0.25) is 0 Å². The summed E-state index contributed by atoms with van der Waals surface area (Å²) >= 11 is 0. The van der Waals surface area contributed by atoms with Crippen molar-refractivity contribution in [1.29, 1.82) is 0 Å². The van der Waals surface area contributed by atoms with Crippen LogP contribution in [-0.2, 0) is 9.59 Å². The molecule has 0 unspecified atom stereocenters. The van der Waals surface area contributed by atoms with Crippen molar-refractivity contribution in [2.75, 3.05) is 0 Å². The zero-order valence-electron chi connectivity index (χ0n) is 20.3. The number of hydrazone groups is 1. The van der Waals surface area contributed by atoms with Crippen LogP contribution in [0.5, 0.6) is 0 Å². The minimum atomic E-state index is -0.505. The molecular formula is C30H21N3O5. The lowest BCUT2D eigenvalue weighted by atomic mass is 9.55. The summed E-state index contributed by atoms with van der Waals surface area (Å²) in [6.45, 7) is 1.67. The summed E-state index contributed by atoms with van der Waals surface area (Å²) in [6.07, 6.45) is 1.35. The molecule has 2 amide bonds. The van der Waals surface area contributed by atoms with Gasteiger partial charge in [0, 0.05) is 29.0 Å². The highest BCUT2D eigenvalue weighted by Crippen LogP contribution is 2.60. The minimum Gasteiger partial charge on any atom is -0.455 e. The van der Waals surface area contributed by atoms with Crippen LogP contribution in [0.25, 0.3) is 11.3 Å². The van der Waals surface area contributed by atoms with Gasteiger partial charge < -0.3 is 4.42 Å². The number of amides is 2. The van der Waals surface area contributed by atoms with Gasteiger partial charge in [0.25, 0.3) is 17.5 Å². The molecule has 0 radical (unpaired) electrons. The van der Waals surface area contributed by atoms with Crippen molar-refractivity contribution < 1.29 is 18.9 Å². The number of hydrogen-bond acceptors (Lipinski definition) is 6. The normalized spacial score (nSPS) is 23.0. The number of imide groups is 1. The number of aryl methyl sites for hydroxylation is 1. The molecule has 0 spiro atoms. The van der Waals surface area contributed by atoms with Crippen LogP contribution in [0.4, 0.5) is 5.69 Å². The van der Waals surface area contributed by atoms with E-state index in [1.165, 1.54) is 12.3 Å². The topological polar surface area (TPSA) is 106 Å². The predicted molar refractivity (Wildman–Crippen MR) is 139 cm³/mol. The summed E-state index contributed by atoms with van der Waals surface area (Å²) in [7, 11) is 0. The van der Waals surface area contributed by atoms with Gasteiger partial charge in [-0.25, -0.2) is 0 Å². The molecule has 3 aliphatic carbocycles. The van der Waals surface area contributed by atoms with Gasteiger partial charge in [-0.3, -0.25) is 19.7 Å². The van der Waals surface area contributed by atoms with Gasteiger partial charge in [-0.05, 0) is 41.3 Å². The zero-order valence-corrected chi connectivity index (χ0v) is 20.3. The van der Waals surface area contributed by atoms with Crippen LogP contribution in [-0.4, -0.2) is 28.0 Å². The number of nitrogens with zero attached hydrogens (tertiary/aromatic N) is 3. The first-order chi connectivity index (χ1) is 18.4. The number of furan rings is 1. The number of rotatable bonds is 4. The third kappa shape index (κ3) is 3.06. The lowest BCUT2D eigenvalue weighted by Gasteiger charge is -2.45. The molecule has 1 aliphatic heterocycles. The molecule has 0 N–H and O–H groups in total. The van der Waals surface area contributed by atoms with Crippen molar-refractivity contribution in [1.82, 2.24) is 5.01 Å². The minimum absolute atomic E-state index is 0.00149. The summed E-state index contributed by atoms with van der Waals surface area (Å²) in [5.74, 6) is -1.26. The molecule has 186 valence electrons. The third-order valence-corrected chi connectivity index (χ3v) is 8.04. The summed E-state index contributed by atoms with van der Waals surface area (Å²) < 4.78 is 5.83. The summed E-state index contributed by atoms with van der Waals surface area (Å²) in [5.41, 5.74) is 5.52. The molecule has 3 aromatic carbocycles. The van der Waals surface area contributed by atoms with Gasteiger partial charge in [-0.15, -0.1) is 0 Å². The standard InChI is InChI=1S/C30H21N3O5/c1-16-10-11-17(14-23(16)33(36)37)24-13-12-18(38-24)15-31-32-29(34)27-25-19-6-2-3-7-20(19)26(28(27)30(32)35)22-9-5-4-8-21(22)25/h2-15,25-28H,1H3/b31-15-/t25?,26?,27-,28+. The number of nitro benzene ring substituents is 1. The van der Waals surface area contributed by atoms with E-state index in [9.17, 15) is 19.7 Å². The number of carbonyl (C=O) groups is 2. The van der Waals surface area contributed by atoms with E-state index in [1.54, 1.807) is 31.2 Å². The Morgan fingerprint density at radius 3 is 1.92 bits per heavy atom. The largest absolute Gasteiger partial charge is 0.455 e. The SMILES string of the molecule is Cc1ccc(-c2ccc(/C=N\N3C(=O)[C@@H]4C5c6ccccc6C(c6ccccc65)[C@@H]4C3=O)o2)cc1[N+](=O)[O-]. The number of nitro groups is 1. The maximum Gasteiger partial charge on any atom is 0.273 e. The maximum absolute atomic E-state index is 13.6.